The second kappa shape index (κ2) is 9.36. The van der Waals surface area contributed by atoms with Gasteiger partial charge in [-0.05, 0) is 36.8 Å². The van der Waals surface area contributed by atoms with E-state index in [1.165, 1.54) is 4.90 Å². The van der Waals surface area contributed by atoms with Gasteiger partial charge in [-0.3, -0.25) is 9.59 Å². The zero-order chi connectivity index (χ0) is 24.4. The van der Waals surface area contributed by atoms with Gasteiger partial charge in [-0.15, -0.1) is 0 Å². The van der Waals surface area contributed by atoms with E-state index in [4.69, 9.17) is 10.5 Å². The fourth-order valence-electron chi connectivity index (χ4n) is 3.75. The fourth-order valence-corrected chi connectivity index (χ4v) is 3.75. The number of hydrogen-bond acceptors (Lipinski definition) is 5. The van der Waals surface area contributed by atoms with Gasteiger partial charge in [0.15, 0.2) is 0 Å². The third-order valence-corrected chi connectivity index (χ3v) is 5.59. The van der Waals surface area contributed by atoms with Crippen molar-refractivity contribution in [1.29, 1.82) is 0 Å². The van der Waals surface area contributed by atoms with Crippen molar-refractivity contribution < 1.29 is 14.3 Å². The number of carbonyl (C=O) groups excluding carboxylic acids is 2. The minimum Gasteiger partial charge on any atom is -0.496 e. The third-order valence-electron chi connectivity index (χ3n) is 5.59. The molecule has 34 heavy (non-hydrogen) atoms. The van der Waals surface area contributed by atoms with Crippen LogP contribution in [0.5, 0.6) is 5.75 Å². The first-order chi connectivity index (χ1) is 16.3. The van der Waals surface area contributed by atoms with Crippen molar-refractivity contribution in [2.45, 2.75) is 13.0 Å². The number of benzene rings is 2. The highest BCUT2D eigenvalue weighted by Gasteiger charge is 2.19. The topological polar surface area (TPSA) is 113 Å². The number of anilines is 1. The Labute approximate surface area is 197 Å². The lowest BCUT2D eigenvalue weighted by Gasteiger charge is -2.17. The highest BCUT2D eigenvalue weighted by molar-refractivity contribution is 6.06. The monoisotopic (exact) mass is 457 g/mol. The number of nitrogens with two attached hydrogens (primary N) is 1. The SMILES string of the molecule is COc1ccccc1-c1c[nH]c2ncc(-c3ccc(NC(=O)C(C)N)c(C(=O)N(C)C)c3)cc12. The van der Waals surface area contributed by atoms with Crippen LogP contribution >= 0.6 is 0 Å². The molecule has 8 heteroatoms. The molecule has 0 spiro atoms. The van der Waals surface area contributed by atoms with Gasteiger partial charge in [0.1, 0.15) is 11.4 Å². The molecule has 4 rings (SSSR count). The summed E-state index contributed by atoms with van der Waals surface area (Å²) in [6.07, 6.45) is 3.66. The molecule has 4 N–H and O–H groups in total. The number of amides is 2. The Morgan fingerprint density at radius 1 is 1.09 bits per heavy atom. The molecule has 0 aliphatic carbocycles. The number of carbonyl (C=O) groups is 2. The van der Waals surface area contributed by atoms with Crippen LogP contribution in [0.1, 0.15) is 17.3 Å². The van der Waals surface area contributed by atoms with E-state index in [2.05, 4.69) is 15.3 Å². The predicted octanol–water partition coefficient (Wildman–Crippen LogP) is 3.89. The lowest BCUT2D eigenvalue weighted by molar-refractivity contribution is -0.117. The third kappa shape index (κ3) is 4.35. The summed E-state index contributed by atoms with van der Waals surface area (Å²) in [5, 5.41) is 3.67. The van der Waals surface area contributed by atoms with E-state index in [1.807, 2.05) is 42.6 Å². The van der Waals surface area contributed by atoms with Crippen molar-refractivity contribution in [2.24, 2.45) is 5.73 Å². The molecule has 0 aliphatic rings. The number of methoxy groups -OCH3 is 1. The molecule has 0 fully saturated rings. The van der Waals surface area contributed by atoms with Gasteiger partial charge in [0, 0.05) is 48.6 Å². The molecule has 2 heterocycles. The Hall–Kier alpha value is -4.17. The molecule has 1 unspecified atom stereocenters. The fraction of sp³-hybridized carbons (Fsp3) is 0.192. The van der Waals surface area contributed by atoms with Gasteiger partial charge in [0.05, 0.1) is 24.4 Å². The summed E-state index contributed by atoms with van der Waals surface area (Å²) < 4.78 is 5.54. The van der Waals surface area contributed by atoms with Crippen molar-refractivity contribution >= 4 is 28.5 Å². The summed E-state index contributed by atoms with van der Waals surface area (Å²) in [6, 6.07) is 14.5. The Morgan fingerprint density at radius 2 is 1.85 bits per heavy atom. The molecular formula is C26H27N5O3. The van der Waals surface area contributed by atoms with Gasteiger partial charge >= 0.3 is 0 Å². The minimum absolute atomic E-state index is 0.229. The molecule has 4 aromatic rings. The number of aromatic nitrogens is 2. The number of nitrogens with one attached hydrogen (secondary N) is 2. The minimum atomic E-state index is -0.699. The Morgan fingerprint density at radius 3 is 2.56 bits per heavy atom. The molecule has 2 amide bonds. The van der Waals surface area contributed by atoms with Crippen LogP contribution in [0, 0.1) is 0 Å². The van der Waals surface area contributed by atoms with Crippen LogP contribution < -0.4 is 15.8 Å². The smallest absolute Gasteiger partial charge is 0.255 e. The lowest BCUT2D eigenvalue weighted by atomic mass is 9.99. The summed E-state index contributed by atoms with van der Waals surface area (Å²) in [5.74, 6) is 0.173. The first kappa shape index (κ1) is 23.0. The predicted molar refractivity (Wildman–Crippen MR) is 134 cm³/mol. The second-order valence-corrected chi connectivity index (χ2v) is 8.26. The van der Waals surface area contributed by atoms with E-state index in [1.54, 1.807) is 46.5 Å². The average Bonchev–Trinajstić information content (AvgIpc) is 3.26. The zero-order valence-corrected chi connectivity index (χ0v) is 19.5. The van der Waals surface area contributed by atoms with Crippen LogP contribution in [0.4, 0.5) is 5.69 Å². The zero-order valence-electron chi connectivity index (χ0n) is 19.5. The summed E-state index contributed by atoms with van der Waals surface area (Å²) in [7, 11) is 4.98. The molecule has 0 saturated carbocycles. The summed E-state index contributed by atoms with van der Waals surface area (Å²) in [4.78, 5) is 34.3. The van der Waals surface area contributed by atoms with Gasteiger partial charge in [-0.25, -0.2) is 4.98 Å². The maximum Gasteiger partial charge on any atom is 0.255 e. The van der Waals surface area contributed by atoms with Gasteiger partial charge in [0.25, 0.3) is 5.91 Å². The van der Waals surface area contributed by atoms with Crippen LogP contribution in [0.15, 0.2) is 60.9 Å². The molecule has 1 atom stereocenters. The highest BCUT2D eigenvalue weighted by Crippen LogP contribution is 2.36. The number of ether oxygens (including phenoxy) is 1. The van der Waals surface area contributed by atoms with E-state index in [-0.39, 0.29) is 11.8 Å². The van der Waals surface area contributed by atoms with Crippen molar-refractivity contribution in [2.75, 3.05) is 26.5 Å². The number of para-hydroxylation sites is 1. The number of H-pyrrole nitrogens is 1. The van der Waals surface area contributed by atoms with Crippen LogP contribution in [0.25, 0.3) is 33.3 Å². The van der Waals surface area contributed by atoms with Gasteiger partial charge in [0.2, 0.25) is 5.91 Å². The molecule has 0 radical (unpaired) electrons. The van der Waals surface area contributed by atoms with Gasteiger partial charge < -0.3 is 25.7 Å². The van der Waals surface area contributed by atoms with Crippen LogP contribution in [-0.2, 0) is 4.79 Å². The molecule has 0 saturated heterocycles. The lowest BCUT2D eigenvalue weighted by Crippen LogP contribution is -2.33. The first-order valence-corrected chi connectivity index (χ1v) is 10.8. The standard InChI is InChI=1S/C26H27N5O3/c1-15(27)25(32)30-22-10-9-16(11-20(22)26(33)31(2)3)17-12-19-21(14-29-24(19)28-13-17)18-7-5-6-8-23(18)34-4/h5-15H,27H2,1-4H3,(H,28,29)(H,30,32). The largest absolute Gasteiger partial charge is 0.496 e. The second-order valence-electron chi connectivity index (χ2n) is 8.26. The Bertz CT molecular complexity index is 1370. The Balaban J connectivity index is 1.81. The molecule has 0 aliphatic heterocycles. The average molecular weight is 458 g/mol. The van der Waals surface area contributed by atoms with Crippen LogP contribution in [0.3, 0.4) is 0 Å². The normalized spacial score (nSPS) is 11.8. The van der Waals surface area contributed by atoms with E-state index in [9.17, 15) is 9.59 Å². The molecule has 2 aromatic heterocycles. The van der Waals surface area contributed by atoms with Crippen molar-refractivity contribution in [1.82, 2.24) is 14.9 Å². The molecule has 0 bridgehead atoms. The maximum absolute atomic E-state index is 12.9. The number of rotatable bonds is 6. The number of nitrogens with zero attached hydrogens (tertiary/aromatic N) is 2. The van der Waals surface area contributed by atoms with Crippen molar-refractivity contribution in [3.05, 3.63) is 66.5 Å². The van der Waals surface area contributed by atoms with E-state index in [0.29, 0.717) is 11.3 Å². The number of hydrogen-bond donors (Lipinski definition) is 3. The van der Waals surface area contributed by atoms with Crippen LogP contribution in [-0.4, -0.2) is 53.9 Å². The van der Waals surface area contributed by atoms with Crippen molar-refractivity contribution in [3.63, 3.8) is 0 Å². The number of aromatic amines is 1. The maximum atomic E-state index is 12.9. The quantitative estimate of drug-likeness (QED) is 0.406. The van der Waals surface area contributed by atoms with E-state index < -0.39 is 6.04 Å². The highest BCUT2D eigenvalue weighted by atomic mass is 16.5. The van der Waals surface area contributed by atoms with E-state index >= 15 is 0 Å². The Kier molecular flexibility index (Phi) is 6.34. The summed E-state index contributed by atoms with van der Waals surface area (Å²) in [5.41, 5.74) is 10.8. The number of pyridine rings is 1. The van der Waals surface area contributed by atoms with Crippen molar-refractivity contribution in [3.8, 4) is 28.0 Å². The van der Waals surface area contributed by atoms with Gasteiger partial charge in [-0.2, -0.15) is 0 Å². The summed E-state index contributed by atoms with van der Waals surface area (Å²) in [6.45, 7) is 1.59. The molecular weight excluding hydrogens is 430 g/mol. The van der Waals surface area contributed by atoms with Crippen LogP contribution in [0.2, 0.25) is 0 Å². The van der Waals surface area contributed by atoms with E-state index in [0.717, 1.165) is 39.0 Å². The molecule has 174 valence electrons. The number of fused-ring (bicyclic) bond motifs is 1. The van der Waals surface area contributed by atoms with Gasteiger partial charge in [-0.1, -0.05) is 24.3 Å². The molecule has 8 nitrogen and oxygen atoms in total. The summed E-state index contributed by atoms with van der Waals surface area (Å²) >= 11 is 0. The molecule has 2 aromatic carbocycles. The first-order valence-electron chi connectivity index (χ1n) is 10.8.